The molecule has 0 heterocycles. The van der Waals surface area contributed by atoms with E-state index in [4.69, 9.17) is 9.47 Å². The Labute approximate surface area is 186 Å². The molecule has 0 aliphatic rings. The summed E-state index contributed by atoms with van der Waals surface area (Å²) in [7, 11) is 1.27. The number of hydrogen-bond acceptors (Lipinski definition) is 6. The molecule has 0 saturated carbocycles. The van der Waals surface area contributed by atoms with E-state index < -0.39 is 47.6 Å². The topological polar surface area (TPSA) is 123 Å². The standard InChI is InChI=1S/C22H41N3O6/c1-11-14(6)17(20(28)30-10)24-18(26)15(12(2)3)23-19(27)16(13(4)5)25-21(29)31-22(7,8)9/h12-17H,11H2,1-10H3,(H,23,27)(H,24,26)(H,25,29)/t14-,15-,16-,17-/m0/s1. The summed E-state index contributed by atoms with van der Waals surface area (Å²) in [5.41, 5.74) is -0.707. The highest BCUT2D eigenvalue weighted by molar-refractivity contribution is 5.93. The minimum Gasteiger partial charge on any atom is -0.467 e. The van der Waals surface area contributed by atoms with Gasteiger partial charge in [0.2, 0.25) is 11.8 Å². The fourth-order valence-electron chi connectivity index (χ4n) is 2.79. The summed E-state index contributed by atoms with van der Waals surface area (Å²) in [6, 6.07) is -2.61. The maximum Gasteiger partial charge on any atom is 0.408 e. The molecule has 0 unspecified atom stereocenters. The monoisotopic (exact) mass is 443 g/mol. The lowest BCUT2D eigenvalue weighted by molar-refractivity contribution is -0.147. The van der Waals surface area contributed by atoms with E-state index >= 15 is 0 Å². The maximum atomic E-state index is 12.9. The van der Waals surface area contributed by atoms with Crippen LogP contribution in [0.2, 0.25) is 0 Å². The quantitative estimate of drug-likeness (QED) is 0.446. The number of ether oxygens (including phenoxy) is 2. The van der Waals surface area contributed by atoms with Crippen molar-refractivity contribution in [3.8, 4) is 0 Å². The highest BCUT2D eigenvalue weighted by atomic mass is 16.6. The summed E-state index contributed by atoms with van der Waals surface area (Å²) >= 11 is 0. The first-order chi connectivity index (χ1) is 14.1. The number of carbonyl (C=O) groups excluding carboxylic acids is 4. The summed E-state index contributed by atoms with van der Waals surface area (Å²) in [5.74, 6) is -2.17. The lowest BCUT2D eigenvalue weighted by Crippen LogP contribution is -2.59. The maximum absolute atomic E-state index is 12.9. The van der Waals surface area contributed by atoms with Crippen molar-refractivity contribution in [2.45, 2.75) is 92.5 Å². The first kappa shape index (κ1) is 28.7. The van der Waals surface area contributed by atoms with E-state index in [1.807, 2.05) is 13.8 Å². The average Bonchev–Trinajstić information content (AvgIpc) is 2.64. The minimum absolute atomic E-state index is 0.142. The third-order valence-corrected chi connectivity index (χ3v) is 4.83. The van der Waals surface area contributed by atoms with Gasteiger partial charge >= 0.3 is 12.1 Å². The van der Waals surface area contributed by atoms with Crippen molar-refractivity contribution >= 4 is 23.9 Å². The predicted octanol–water partition coefficient (Wildman–Crippen LogP) is 2.38. The van der Waals surface area contributed by atoms with Crippen LogP contribution in [0.25, 0.3) is 0 Å². The average molecular weight is 444 g/mol. The molecule has 4 atom stereocenters. The molecule has 0 bridgehead atoms. The van der Waals surface area contributed by atoms with Crippen LogP contribution in [0.15, 0.2) is 0 Å². The highest BCUT2D eigenvalue weighted by Crippen LogP contribution is 2.13. The fourth-order valence-corrected chi connectivity index (χ4v) is 2.79. The molecular formula is C22H41N3O6. The van der Waals surface area contributed by atoms with E-state index in [1.54, 1.807) is 48.5 Å². The van der Waals surface area contributed by atoms with Crippen molar-refractivity contribution < 1.29 is 28.7 Å². The number of rotatable bonds is 10. The molecule has 0 spiro atoms. The van der Waals surface area contributed by atoms with Crippen molar-refractivity contribution in [1.29, 1.82) is 0 Å². The van der Waals surface area contributed by atoms with Gasteiger partial charge in [0, 0.05) is 0 Å². The lowest BCUT2D eigenvalue weighted by Gasteiger charge is -2.29. The number of esters is 1. The molecule has 0 aliphatic heterocycles. The number of amides is 3. The van der Waals surface area contributed by atoms with Crippen LogP contribution in [0, 0.1) is 17.8 Å². The van der Waals surface area contributed by atoms with Gasteiger partial charge in [-0.1, -0.05) is 48.0 Å². The minimum atomic E-state index is -0.898. The van der Waals surface area contributed by atoms with Gasteiger partial charge in [-0.2, -0.15) is 0 Å². The zero-order valence-electron chi connectivity index (χ0n) is 20.6. The Hall–Kier alpha value is -2.32. The van der Waals surface area contributed by atoms with Crippen LogP contribution in [0.1, 0.15) is 68.7 Å². The van der Waals surface area contributed by atoms with E-state index in [9.17, 15) is 19.2 Å². The summed E-state index contributed by atoms with van der Waals surface area (Å²) in [4.78, 5) is 50.1. The molecule has 0 fully saturated rings. The molecule has 31 heavy (non-hydrogen) atoms. The van der Waals surface area contributed by atoms with Crippen LogP contribution in [-0.4, -0.2) is 54.7 Å². The molecule has 0 saturated heterocycles. The second-order valence-electron chi connectivity index (χ2n) is 9.49. The third kappa shape index (κ3) is 10.0. The van der Waals surface area contributed by atoms with Crippen molar-refractivity contribution in [2.75, 3.05) is 7.11 Å². The lowest BCUT2D eigenvalue weighted by atomic mass is 9.96. The molecule has 3 N–H and O–H groups in total. The molecule has 180 valence electrons. The van der Waals surface area contributed by atoms with Gasteiger partial charge in [-0.3, -0.25) is 9.59 Å². The van der Waals surface area contributed by atoms with Crippen molar-refractivity contribution in [3.63, 3.8) is 0 Å². The Bertz CT molecular complexity index is 627. The molecular weight excluding hydrogens is 402 g/mol. The fraction of sp³-hybridized carbons (Fsp3) is 0.818. The predicted molar refractivity (Wildman–Crippen MR) is 118 cm³/mol. The smallest absolute Gasteiger partial charge is 0.408 e. The second kappa shape index (κ2) is 12.5. The van der Waals surface area contributed by atoms with Gasteiger partial charge < -0.3 is 25.4 Å². The van der Waals surface area contributed by atoms with Crippen LogP contribution < -0.4 is 16.0 Å². The van der Waals surface area contributed by atoms with E-state index in [0.29, 0.717) is 6.42 Å². The largest absolute Gasteiger partial charge is 0.467 e. The SMILES string of the molecule is CC[C@H](C)[C@H](NC(=O)[C@@H](NC(=O)[C@@H](NC(=O)OC(C)(C)C)C(C)C)C(C)C)C(=O)OC. The summed E-state index contributed by atoms with van der Waals surface area (Å²) in [5, 5.41) is 7.99. The van der Waals surface area contributed by atoms with Crippen molar-refractivity contribution in [2.24, 2.45) is 17.8 Å². The molecule has 0 rings (SSSR count). The third-order valence-electron chi connectivity index (χ3n) is 4.83. The number of hydrogen-bond donors (Lipinski definition) is 3. The van der Waals surface area contributed by atoms with E-state index in [2.05, 4.69) is 16.0 Å². The molecule has 0 radical (unpaired) electrons. The van der Waals surface area contributed by atoms with Crippen LogP contribution in [0.5, 0.6) is 0 Å². The van der Waals surface area contributed by atoms with E-state index in [-0.39, 0.29) is 17.8 Å². The Morgan fingerprint density at radius 2 is 1.19 bits per heavy atom. The van der Waals surface area contributed by atoms with Crippen LogP contribution in [0.3, 0.4) is 0 Å². The van der Waals surface area contributed by atoms with Gasteiger partial charge in [-0.15, -0.1) is 0 Å². The summed E-state index contributed by atoms with van der Waals surface area (Å²) in [6.07, 6.45) is -0.0528. The zero-order chi connectivity index (χ0) is 24.5. The van der Waals surface area contributed by atoms with E-state index in [1.165, 1.54) is 7.11 Å². The first-order valence-electron chi connectivity index (χ1n) is 10.8. The van der Waals surface area contributed by atoms with Gasteiger partial charge in [0.15, 0.2) is 0 Å². The zero-order valence-corrected chi connectivity index (χ0v) is 20.6. The Morgan fingerprint density at radius 1 is 0.774 bits per heavy atom. The summed E-state index contributed by atoms with van der Waals surface area (Å²) in [6.45, 7) is 16.1. The molecule has 0 aromatic heterocycles. The second-order valence-corrected chi connectivity index (χ2v) is 9.49. The van der Waals surface area contributed by atoms with Gasteiger partial charge in [0.25, 0.3) is 0 Å². The van der Waals surface area contributed by atoms with Gasteiger partial charge in [-0.25, -0.2) is 9.59 Å². The Balaban J connectivity index is 5.43. The summed E-state index contributed by atoms with van der Waals surface area (Å²) < 4.78 is 10.0. The van der Waals surface area contributed by atoms with Crippen LogP contribution in [-0.2, 0) is 23.9 Å². The Kier molecular flexibility index (Phi) is 11.6. The molecule has 9 nitrogen and oxygen atoms in total. The molecule has 0 aromatic carbocycles. The van der Waals surface area contributed by atoms with Crippen molar-refractivity contribution in [3.05, 3.63) is 0 Å². The molecule has 0 aliphatic carbocycles. The number of nitrogens with one attached hydrogen (secondary N) is 3. The van der Waals surface area contributed by atoms with Gasteiger partial charge in [0.05, 0.1) is 7.11 Å². The van der Waals surface area contributed by atoms with Gasteiger partial charge in [-0.05, 0) is 38.5 Å². The highest BCUT2D eigenvalue weighted by Gasteiger charge is 2.34. The normalized spacial score (nSPS) is 15.5. The number of carbonyl (C=O) groups is 4. The molecule has 0 aromatic rings. The van der Waals surface area contributed by atoms with Crippen LogP contribution >= 0.6 is 0 Å². The molecule has 3 amide bonds. The Morgan fingerprint density at radius 3 is 1.55 bits per heavy atom. The van der Waals surface area contributed by atoms with Crippen LogP contribution in [0.4, 0.5) is 4.79 Å². The molecule has 9 heteroatoms. The first-order valence-corrected chi connectivity index (χ1v) is 10.8. The van der Waals surface area contributed by atoms with E-state index in [0.717, 1.165) is 0 Å². The number of methoxy groups -OCH3 is 1. The van der Waals surface area contributed by atoms with Gasteiger partial charge in [0.1, 0.15) is 23.7 Å². The van der Waals surface area contributed by atoms with Crippen molar-refractivity contribution in [1.82, 2.24) is 16.0 Å². The number of alkyl carbamates (subject to hydrolysis) is 1.